The van der Waals surface area contributed by atoms with E-state index >= 15 is 0 Å². The Morgan fingerprint density at radius 1 is 1.33 bits per heavy atom. The predicted octanol–water partition coefficient (Wildman–Crippen LogP) is -0.0991. The molecule has 118 valence electrons. The second-order valence-electron chi connectivity index (χ2n) is 4.19. The van der Waals surface area contributed by atoms with Crippen LogP contribution in [-0.2, 0) is 19.9 Å². The van der Waals surface area contributed by atoms with Crippen LogP contribution in [0.15, 0.2) is 17.0 Å². The standard InChI is InChI=1S/C10H12ClFN2O5S2/c1-20(16,17)3-2-14-10(15)6-4-9(21(13,18)19)7(11)5-8(6)12/h4-5H,2-3H2,1H3,(H,14,15)(H2,13,18,19). The summed E-state index contributed by atoms with van der Waals surface area (Å²) in [5.41, 5.74) is -0.600. The third kappa shape index (κ3) is 5.23. The normalized spacial score (nSPS) is 12.2. The van der Waals surface area contributed by atoms with Gasteiger partial charge < -0.3 is 5.32 Å². The summed E-state index contributed by atoms with van der Waals surface area (Å²) in [5.74, 6) is -2.36. The van der Waals surface area contributed by atoms with E-state index in [0.29, 0.717) is 12.1 Å². The highest BCUT2D eigenvalue weighted by Gasteiger charge is 2.20. The number of nitrogens with one attached hydrogen (secondary N) is 1. The number of sulfonamides is 1. The fraction of sp³-hybridized carbons (Fsp3) is 0.300. The number of carbonyl (C=O) groups is 1. The lowest BCUT2D eigenvalue weighted by molar-refractivity contribution is 0.0952. The minimum atomic E-state index is -4.22. The van der Waals surface area contributed by atoms with Gasteiger partial charge in [-0.3, -0.25) is 4.79 Å². The van der Waals surface area contributed by atoms with Crippen molar-refractivity contribution >= 4 is 37.4 Å². The summed E-state index contributed by atoms with van der Waals surface area (Å²) in [7, 11) is -7.52. The van der Waals surface area contributed by atoms with Crippen LogP contribution < -0.4 is 10.5 Å². The number of amides is 1. The first-order valence-electron chi connectivity index (χ1n) is 5.39. The number of hydrogen-bond donors (Lipinski definition) is 2. The van der Waals surface area contributed by atoms with E-state index in [4.69, 9.17) is 16.7 Å². The van der Waals surface area contributed by atoms with Crippen LogP contribution in [0.1, 0.15) is 10.4 Å². The van der Waals surface area contributed by atoms with Crippen LogP contribution in [0.5, 0.6) is 0 Å². The molecule has 0 aromatic heterocycles. The number of rotatable bonds is 5. The summed E-state index contributed by atoms with van der Waals surface area (Å²) in [6.45, 7) is -0.246. The number of nitrogens with two attached hydrogens (primary N) is 1. The van der Waals surface area contributed by atoms with Crippen molar-refractivity contribution in [3.63, 3.8) is 0 Å². The zero-order chi connectivity index (χ0) is 16.4. The molecule has 0 unspecified atom stereocenters. The Hall–Kier alpha value is -1.23. The molecular weight excluding hydrogens is 347 g/mol. The maximum Gasteiger partial charge on any atom is 0.254 e. The van der Waals surface area contributed by atoms with E-state index in [-0.39, 0.29) is 12.3 Å². The van der Waals surface area contributed by atoms with Gasteiger partial charge in [0.05, 0.1) is 16.3 Å². The van der Waals surface area contributed by atoms with Gasteiger partial charge in [-0.2, -0.15) is 0 Å². The first kappa shape index (κ1) is 17.8. The first-order chi connectivity index (χ1) is 9.42. The zero-order valence-corrected chi connectivity index (χ0v) is 13.1. The molecule has 0 saturated carbocycles. The van der Waals surface area contributed by atoms with Crippen molar-refractivity contribution in [3.8, 4) is 0 Å². The SMILES string of the molecule is CS(=O)(=O)CCNC(=O)c1cc(S(N)(=O)=O)c(Cl)cc1F. The van der Waals surface area contributed by atoms with Crippen molar-refractivity contribution in [1.29, 1.82) is 0 Å². The Kier molecular flexibility index (Phi) is 5.31. The molecule has 1 aromatic rings. The molecule has 0 saturated heterocycles. The molecular formula is C10H12ClFN2O5S2. The molecule has 0 aliphatic carbocycles. The van der Waals surface area contributed by atoms with Crippen LogP contribution in [-0.4, -0.2) is 41.3 Å². The largest absolute Gasteiger partial charge is 0.351 e. The fourth-order valence-corrected chi connectivity index (χ4v) is 2.93. The summed E-state index contributed by atoms with van der Waals surface area (Å²) in [6.07, 6.45) is 0.973. The summed E-state index contributed by atoms with van der Waals surface area (Å²) in [4.78, 5) is 11.1. The van der Waals surface area contributed by atoms with Gasteiger partial charge in [0.2, 0.25) is 10.0 Å². The summed E-state index contributed by atoms with van der Waals surface area (Å²) >= 11 is 5.54. The topological polar surface area (TPSA) is 123 Å². The molecule has 0 fully saturated rings. The van der Waals surface area contributed by atoms with Gasteiger partial charge in [0.25, 0.3) is 5.91 Å². The van der Waals surface area contributed by atoms with Gasteiger partial charge in [-0.25, -0.2) is 26.4 Å². The van der Waals surface area contributed by atoms with E-state index in [0.717, 1.165) is 6.26 Å². The Labute approximate surface area is 126 Å². The second-order valence-corrected chi connectivity index (χ2v) is 8.39. The van der Waals surface area contributed by atoms with E-state index < -0.39 is 47.1 Å². The average molecular weight is 359 g/mol. The van der Waals surface area contributed by atoms with Crippen LogP contribution >= 0.6 is 11.6 Å². The quantitative estimate of drug-likeness (QED) is 0.760. The van der Waals surface area contributed by atoms with Gasteiger partial charge in [0.15, 0.2) is 0 Å². The summed E-state index contributed by atoms with van der Waals surface area (Å²) in [6, 6.07) is 1.34. The summed E-state index contributed by atoms with van der Waals surface area (Å²) < 4.78 is 57.9. The molecule has 0 aliphatic heterocycles. The van der Waals surface area contributed by atoms with Crippen LogP contribution in [0.2, 0.25) is 5.02 Å². The highest BCUT2D eigenvalue weighted by atomic mass is 35.5. The third-order valence-electron chi connectivity index (χ3n) is 2.33. The van der Waals surface area contributed by atoms with Crippen molar-refractivity contribution in [3.05, 3.63) is 28.5 Å². The Balaban J connectivity index is 3.05. The van der Waals surface area contributed by atoms with E-state index in [2.05, 4.69) is 5.32 Å². The number of hydrogen-bond acceptors (Lipinski definition) is 5. The van der Waals surface area contributed by atoms with Crippen LogP contribution in [0, 0.1) is 5.82 Å². The average Bonchev–Trinajstić information content (AvgIpc) is 2.24. The van der Waals surface area contributed by atoms with Gasteiger partial charge in [0, 0.05) is 12.8 Å². The molecule has 0 atom stereocenters. The van der Waals surface area contributed by atoms with Crippen molar-refractivity contribution in [2.45, 2.75) is 4.90 Å². The van der Waals surface area contributed by atoms with Crippen molar-refractivity contribution < 1.29 is 26.0 Å². The monoisotopic (exact) mass is 358 g/mol. The van der Waals surface area contributed by atoms with Crippen LogP contribution in [0.25, 0.3) is 0 Å². The van der Waals surface area contributed by atoms with E-state index in [1.807, 2.05) is 0 Å². The Morgan fingerprint density at radius 3 is 2.38 bits per heavy atom. The summed E-state index contributed by atoms with van der Waals surface area (Å²) in [5, 5.41) is 6.59. The lowest BCUT2D eigenvalue weighted by Gasteiger charge is -2.08. The van der Waals surface area contributed by atoms with E-state index in [1.165, 1.54) is 0 Å². The third-order valence-corrected chi connectivity index (χ3v) is 4.65. The highest BCUT2D eigenvalue weighted by Crippen LogP contribution is 2.24. The number of halogens is 2. The van der Waals surface area contributed by atoms with Crippen molar-refractivity contribution in [2.75, 3.05) is 18.6 Å². The van der Waals surface area contributed by atoms with Crippen LogP contribution in [0.4, 0.5) is 4.39 Å². The fourth-order valence-electron chi connectivity index (χ4n) is 1.37. The van der Waals surface area contributed by atoms with Crippen LogP contribution in [0.3, 0.4) is 0 Å². The molecule has 0 heterocycles. The molecule has 7 nitrogen and oxygen atoms in total. The van der Waals surface area contributed by atoms with Crippen molar-refractivity contribution in [2.24, 2.45) is 5.14 Å². The van der Waals surface area contributed by atoms with Gasteiger partial charge >= 0.3 is 0 Å². The molecule has 1 aromatic carbocycles. The van der Waals surface area contributed by atoms with Gasteiger partial charge in [-0.15, -0.1) is 0 Å². The number of benzene rings is 1. The Bertz CT molecular complexity index is 777. The molecule has 0 radical (unpaired) electrons. The van der Waals surface area contributed by atoms with E-state index in [1.54, 1.807) is 0 Å². The highest BCUT2D eigenvalue weighted by molar-refractivity contribution is 7.90. The minimum Gasteiger partial charge on any atom is -0.351 e. The molecule has 11 heteroatoms. The first-order valence-corrected chi connectivity index (χ1v) is 9.38. The molecule has 0 spiro atoms. The number of carbonyl (C=O) groups excluding carboxylic acids is 1. The van der Waals surface area contributed by atoms with Gasteiger partial charge in [-0.05, 0) is 12.1 Å². The maximum atomic E-state index is 13.6. The van der Waals surface area contributed by atoms with Gasteiger partial charge in [0.1, 0.15) is 20.5 Å². The molecule has 0 aliphatic rings. The van der Waals surface area contributed by atoms with Gasteiger partial charge in [-0.1, -0.05) is 11.6 Å². The number of sulfone groups is 1. The number of primary sulfonamides is 1. The Morgan fingerprint density at radius 2 is 1.90 bits per heavy atom. The second kappa shape index (κ2) is 6.26. The lowest BCUT2D eigenvalue weighted by atomic mass is 10.2. The van der Waals surface area contributed by atoms with Crippen molar-refractivity contribution in [1.82, 2.24) is 5.32 Å². The minimum absolute atomic E-state index is 0.246. The smallest absolute Gasteiger partial charge is 0.254 e. The maximum absolute atomic E-state index is 13.6. The zero-order valence-electron chi connectivity index (χ0n) is 10.8. The van der Waals surface area contributed by atoms with E-state index in [9.17, 15) is 26.0 Å². The molecule has 3 N–H and O–H groups in total. The predicted molar refractivity (Wildman–Crippen MR) is 74.8 cm³/mol. The lowest BCUT2D eigenvalue weighted by Crippen LogP contribution is -2.29. The molecule has 21 heavy (non-hydrogen) atoms. The molecule has 1 amide bonds. The molecule has 0 bridgehead atoms. The molecule has 1 rings (SSSR count).